The summed E-state index contributed by atoms with van der Waals surface area (Å²) >= 11 is 0. The van der Waals surface area contributed by atoms with E-state index in [9.17, 15) is 28.8 Å². The molecule has 46 heavy (non-hydrogen) atoms. The lowest BCUT2D eigenvalue weighted by Crippen LogP contribution is -2.31. The van der Waals surface area contributed by atoms with Crippen LogP contribution in [0, 0.1) is 0 Å². The van der Waals surface area contributed by atoms with Crippen molar-refractivity contribution in [3.63, 3.8) is 0 Å². The number of piperidine rings is 1. The van der Waals surface area contributed by atoms with Crippen LogP contribution in [-0.2, 0) is 33.4 Å². The van der Waals surface area contributed by atoms with Crippen LogP contribution in [0.2, 0.25) is 0 Å². The number of rotatable bonds is 0. The largest absolute Gasteiger partial charge is 0.449 e. The van der Waals surface area contributed by atoms with Crippen molar-refractivity contribution in [2.24, 2.45) is 0 Å². The average Bonchev–Trinajstić information content (AvgIpc) is 3.86. The lowest BCUT2D eigenvalue weighted by molar-refractivity contribution is -0.127. The lowest BCUT2D eigenvalue weighted by Gasteiger charge is -2.10. The summed E-state index contributed by atoms with van der Waals surface area (Å²) in [5.74, 6) is 1.37. The third-order valence-electron chi connectivity index (χ3n) is 7.19. The Labute approximate surface area is 273 Å². The number of cyclic esters (lactones) is 2. The predicted octanol–water partition coefficient (Wildman–Crippen LogP) is 4.03. The molecule has 0 aromatic carbocycles. The summed E-state index contributed by atoms with van der Waals surface area (Å²) in [5.41, 5.74) is 1.20. The molecule has 5 heterocycles. The number of alkyl carbamates (subject to hydrolysis) is 2. The van der Waals surface area contributed by atoms with Gasteiger partial charge in [-0.1, -0.05) is 13.0 Å². The van der Waals surface area contributed by atoms with Crippen molar-refractivity contribution in [2.45, 2.75) is 109 Å². The monoisotopic (exact) mass is 652 g/mol. The van der Waals surface area contributed by atoms with Crippen LogP contribution in [0.25, 0.3) is 0 Å². The highest BCUT2D eigenvalue weighted by atomic mass is 16.6. The first-order valence-corrected chi connectivity index (χ1v) is 16.9. The molecule has 0 aromatic heterocycles. The Kier molecular flexibility index (Phi) is 24.5. The van der Waals surface area contributed by atoms with Crippen LogP contribution in [0.3, 0.4) is 0 Å². The van der Waals surface area contributed by atoms with Gasteiger partial charge in [0.2, 0.25) is 5.91 Å². The van der Waals surface area contributed by atoms with Gasteiger partial charge in [0.05, 0.1) is 13.2 Å². The van der Waals surface area contributed by atoms with Gasteiger partial charge in [-0.3, -0.25) is 19.2 Å². The molecule has 0 bridgehead atoms. The number of carbonyl (C=O) groups excluding carboxylic acids is 6. The topological polar surface area (TPSA) is 178 Å². The molecule has 3 amide bonds. The molecule has 5 saturated heterocycles. The van der Waals surface area contributed by atoms with Gasteiger partial charge in [-0.05, 0) is 64.2 Å². The van der Waals surface area contributed by atoms with Gasteiger partial charge >= 0.3 is 12.2 Å². The van der Waals surface area contributed by atoms with E-state index in [4.69, 9.17) is 4.74 Å². The standard InChI is InChI=1S/C6H10O.C5H9NO.C5H9N.C5H8O2.C5H8O.C4H7NO2.C3H5NO2/c7-6-4-2-1-3-5-6;7-5-3-1-2-4-6-5;1-5-3-2-4-6-5;6-5-2-1-3-7-4-5;6-5-3-1-2-4-5;6-4-5-2-1-3-7-4;5-3-4-1-2-6-3/h1-5H2;1-4H2,(H,6,7);6H,1-4H2;1-4H2;1-4H2;1-3H2,(H,5,6);1-2H2,(H,4,5). The van der Waals surface area contributed by atoms with Crippen LogP contribution in [0.5, 0.6) is 0 Å². The van der Waals surface area contributed by atoms with E-state index in [2.05, 4.69) is 37.3 Å². The maximum atomic E-state index is 10.5. The van der Waals surface area contributed by atoms with E-state index < -0.39 is 0 Å². The molecule has 4 N–H and O–H groups in total. The fourth-order valence-electron chi connectivity index (χ4n) is 4.55. The van der Waals surface area contributed by atoms with Gasteiger partial charge in [-0.25, -0.2) is 9.59 Å². The van der Waals surface area contributed by atoms with E-state index >= 15 is 0 Å². The normalized spacial score (nSPS) is 21.4. The molecule has 2 saturated carbocycles. The lowest BCUT2D eigenvalue weighted by atomic mass is 10.00. The first kappa shape index (κ1) is 40.5. The van der Waals surface area contributed by atoms with Crippen molar-refractivity contribution in [2.75, 3.05) is 52.6 Å². The number of amides is 3. The van der Waals surface area contributed by atoms with Crippen LogP contribution in [-0.4, -0.2) is 88.0 Å². The molecule has 0 radical (unpaired) electrons. The van der Waals surface area contributed by atoms with Crippen molar-refractivity contribution in [1.82, 2.24) is 21.3 Å². The number of ether oxygens (including phenoxy) is 3. The van der Waals surface area contributed by atoms with E-state index in [0.717, 1.165) is 116 Å². The Morgan fingerprint density at radius 1 is 0.435 bits per heavy atom. The van der Waals surface area contributed by atoms with Crippen molar-refractivity contribution in [3.8, 4) is 0 Å². The molecule has 13 heteroatoms. The number of Topliss-reactive ketones (excluding diaryl/α,β-unsaturated/α-hetero) is 3. The molecule has 0 aromatic rings. The number of ketones is 3. The number of nitrogens with one attached hydrogen (secondary N) is 4. The quantitative estimate of drug-likeness (QED) is 0.299. The van der Waals surface area contributed by atoms with Gasteiger partial charge in [0, 0.05) is 70.5 Å². The van der Waals surface area contributed by atoms with Gasteiger partial charge in [-0.15, -0.1) is 0 Å². The summed E-state index contributed by atoms with van der Waals surface area (Å²) in [6, 6.07) is 0. The van der Waals surface area contributed by atoms with E-state index in [0.29, 0.717) is 37.9 Å². The first-order chi connectivity index (χ1) is 22.3. The zero-order valence-corrected chi connectivity index (χ0v) is 27.6. The highest BCUT2D eigenvalue weighted by Crippen LogP contribution is 2.12. The Morgan fingerprint density at radius 2 is 0.978 bits per heavy atom. The summed E-state index contributed by atoms with van der Waals surface area (Å²) in [7, 11) is 0. The van der Waals surface area contributed by atoms with Crippen molar-refractivity contribution < 1.29 is 43.0 Å². The molecule has 13 nitrogen and oxygen atoms in total. The number of carbonyl (C=O) groups is 6. The maximum absolute atomic E-state index is 10.5. The Bertz CT molecular complexity index is 751. The SMILES string of the molecule is C=C1CCCN1.O=C1CCCC1.O=C1CCCCC1.O=C1CCCCN1.O=C1CCCOC1.O=C1NCCCO1.O=C1NCCO1. The van der Waals surface area contributed by atoms with E-state index in [1.165, 1.54) is 25.0 Å². The maximum Gasteiger partial charge on any atom is 0.407 e. The third-order valence-corrected chi connectivity index (χ3v) is 7.19. The number of hydrogen-bond donors (Lipinski definition) is 4. The predicted molar refractivity (Wildman–Crippen MR) is 173 cm³/mol. The van der Waals surface area contributed by atoms with E-state index in [-0.39, 0.29) is 23.9 Å². The average molecular weight is 653 g/mol. The summed E-state index contributed by atoms with van der Waals surface area (Å²) in [5, 5.41) is 10.8. The number of allylic oxidation sites excluding steroid dienone is 1. The highest BCUT2D eigenvalue weighted by molar-refractivity contribution is 5.80. The van der Waals surface area contributed by atoms with Gasteiger partial charge in [-0.2, -0.15) is 0 Å². The van der Waals surface area contributed by atoms with E-state index in [1.807, 2.05) is 0 Å². The smallest absolute Gasteiger partial charge is 0.407 e. The zero-order valence-electron chi connectivity index (χ0n) is 27.6. The van der Waals surface area contributed by atoms with Crippen molar-refractivity contribution >= 4 is 35.4 Å². The molecule has 7 aliphatic rings. The molecule has 0 unspecified atom stereocenters. The van der Waals surface area contributed by atoms with Crippen molar-refractivity contribution in [3.05, 3.63) is 12.3 Å². The van der Waals surface area contributed by atoms with Gasteiger partial charge in [0.25, 0.3) is 0 Å². The van der Waals surface area contributed by atoms with Gasteiger partial charge < -0.3 is 35.5 Å². The summed E-state index contributed by atoms with van der Waals surface area (Å²) in [6.07, 6.45) is 16.6. The van der Waals surface area contributed by atoms with Crippen LogP contribution >= 0.6 is 0 Å². The minimum Gasteiger partial charge on any atom is -0.449 e. The highest BCUT2D eigenvalue weighted by Gasteiger charge is 2.09. The fraction of sp³-hybridized carbons (Fsp3) is 0.758. The molecular weight excluding hydrogens is 596 g/mol. The van der Waals surface area contributed by atoms with Gasteiger partial charge in [0.1, 0.15) is 24.8 Å². The third kappa shape index (κ3) is 25.8. The molecule has 5 aliphatic heterocycles. The second-order valence-electron chi connectivity index (χ2n) is 11.5. The minimum absolute atomic E-state index is 0.214. The molecule has 262 valence electrons. The summed E-state index contributed by atoms with van der Waals surface area (Å²) in [4.78, 5) is 61.4. The molecular formula is C33H56N4O9. The second-order valence-corrected chi connectivity index (χ2v) is 11.5. The molecule has 0 atom stereocenters. The Morgan fingerprint density at radius 3 is 1.22 bits per heavy atom. The van der Waals surface area contributed by atoms with Crippen LogP contribution in [0.4, 0.5) is 9.59 Å². The first-order valence-electron chi connectivity index (χ1n) is 16.9. The second kappa shape index (κ2) is 27.8. The molecule has 7 rings (SSSR count). The fourth-order valence-corrected chi connectivity index (χ4v) is 4.55. The Hall–Kier alpha value is -3.48. The number of hydrogen-bond acceptors (Lipinski definition) is 10. The molecule has 2 aliphatic carbocycles. The minimum atomic E-state index is -0.296. The molecule has 7 fully saturated rings. The summed E-state index contributed by atoms with van der Waals surface area (Å²) < 4.78 is 13.8. The van der Waals surface area contributed by atoms with Crippen LogP contribution < -0.4 is 21.3 Å². The van der Waals surface area contributed by atoms with Crippen LogP contribution in [0.15, 0.2) is 12.3 Å². The molecule has 0 spiro atoms. The van der Waals surface area contributed by atoms with E-state index in [1.54, 1.807) is 0 Å². The Balaban J connectivity index is 0.000000269. The zero-order chi connectivity index (χ0) is 33.7. The van der Waals surface area contributed by atoms with Crippen LogP contribution in [0.1, 0.15) is 109 Å². The summed E-state index contributed by atoms with van der Waals surface area (Å²) in [6.45, 7) is 9.42. The van der Waals surface area contributed by atoms with Crippen molar-refractivity contribution in [1.29, 1.82) is 0 Å². The van der Waals surface area contributed by atoms with Gasteiger partial charge in [0.15, 0.2) is 5.78 Å².